The molecular weight excluding hydrogens is 304 g/mol. The molecule has 0 saturated carbocycles. The van der Waals surface area contributed by atoms with Crippen LogP contribution in [0, 0.1) is 0 Å². The first-order valence-corrected chi connectivity index (χ1v) is 8.30. The lowest BCUT2D eigenvalue weighted by atomic mass is 10.2. The number of carbonyl (C=O) groups is 1. The van der Waals surface area contributed by atoms with Crippen molar-refractivity contribution in [1.29, 1.82) is 0 Å². The summed E-state index contributed by atoms with van der Waals surface area (Å²) in [7, 11) is 0. The van der Waals surface area contributed by atoms with Gasteiger partial charge in [0.25, 0.3) is 5.91 Å². The Bertz CT molecular complexity index is 709. The van der Waals surface area contributed by atoms with E-state index >= 15 is 0 Å². The number of amides is 1. The van der Waals surface area contributed by atoms with Gasteiger partial charge in [-0.3, -0.25) is 9.00 Å². The lowest BCUT2D eigenvalue weighted by Crippen LogP contribution is -2.46. The number of nitrogens with zero attached hydrogens (tertiary/aromatic N) is 1. The lowest BCUT2D eigenvalue weighted by Gasteiger charge is -2.26. The average Bonchev–Trinajstić information content (AvgIpc) is 2.96. The number of hydrogen-bond acceptors (Lipinski definition) is 5. The molecule has 1 aromatic carbocycles. The molecule has 1 aromatic heterocycles. The topological polar surface area (TPSA) is 100 Å². The van der Waals surface area contributed by atoms with E-state index in [0.29, 0.717) is 24.5 Å². The zero-order chi connectivity index (χ0) is 15.5. The van der Waals surface area contributed by atoms with Gasteiger partial charge in [0.2, 0.25) is 0 Å². The van der Waals surface area contributed by atoms with Crippen LogP contribution < -0.4 is 10.6 Å². The fourth-order valence-corrected chi connectivity index (χ4v) is 2.82. The Balaban J connectivity index is 1.79. The predicted molar refractivity (Wildman–Crippen MR) is 84.5 cm³/mol. The molecule has 2 aromatic rings. The average molecular weight is 321 g/mol. The number of anilines is 1. The number of aromatic amines is 1. The fraction of sp³-hybridized carbons (Fsp3) is 0.357. The molecule has 0 spiro atoms. The van der Waals surface area contributed by atoms with Crippen molar-refractivity contribution >= 4 is 33.6 Å². The molecule has 1 saturated heterocycles. The highest BCUT2D eigenvalue weighted by molar-refractivity contribution is 7.79. The first kappa shape index (κ1) is 15.0. The number of piperazine rings is 1. The highest BCUT2D eigenvalue weighted by atomic mass is 32.2. The van der Waals surface area contributed by atoms with Crippen LogP contribution in [0.1, 0.15) is 10.5 Å². The van der Waals surface area contributed by atoms with Gasteiger partial charge in [0, 0.05) is 42.8 Å². The van der Waals surface area contributed by atoms with Crippen LogP contribution in [0.25, 0.3) is 10.9 Å². The smallest absolute Gasteiger partial charge is 0.270 e. The summed E-state index contributed by atoms with van der Waals surface area (Å²) in [6.07, 6.45) is 0. The Hall–Kier alpha value is -1.90. The van der Waals surface area contributed by atoms with E-state index in [4.69, 9.17) is 0 Å². The Morgan fingerprint density at radius 3 is 2.82 bits per heavy atom. The summed E-state index contributed by atoms with van der Waals surface area (Å²) in [5, 5.41) is 6.90. The maximum atomic E-state index is 12.4. The van der Waals surface area contributed by atoms with Gasteiger partial charge in [0.05, 0.1) is 5.88 Å². The van der Waals surface area contributed by atoms with E-state index in [1.807, 2.05) is 17.0 Å². The SMILES string of the molecule is O=C(c1cc2cc(NCS(=O)[O-])ccc2[nH]1)N1CCNCC1. The molecule has 0 aliphatic carbocycles. The summed E-state index contributed by atoms with van der Waals surface area (Å²) in [5.41, 5.74) is 2.12. The van der Waals surface area contributed by atoms with Gasteiger partial charge >= 0.3 is 0 Å². The Morgan fingerprint density at radius 1 is 1.32 bits per heavy atom. The van der Waals surface area contributed by atoms with Gasteiger partial charge in [0.1, 0.15) is 5.69 Å². The highest BCUT2D eigenvalue weighted by Crippen LogP contribution is 2.21. The summed E-state index contributed by atoms with van der Waals surface area (Å²) in [6, 6.07) is 7.25. The van der Waals surface area contributed by atoms with Gasteiger partial charge < -0.3 is 25.1 Å². The summed E-state index contributed by atoms with van der Waals surface area (Å²) < 4.78 is 21.2. The molecule has 0 bridgehead atoms. The molecule has 3 N–H and O–H groups in total. The number of aromatic nitrogens is 1. The zero-order valence-electron chi connectivity index (χ0n) is 11.9. The number of carbonyl (C=O) groups excluding carboxylic acids is 1. The molecule has 1 aliphatic rings. The molecule has 1 unspecified atom stereocenters. The monoisotopic (exact) mass is 321 g/mol. The summed E-state index contributed by atoms with van der Waals surface area (Å²) in [6.45, 7) is 3.03. The maximum Gasteiger partial charge on any atom is 0.270 e. The number of H-pyrrole nitrogens is 1. The number of hydrogen-bond donors (Lipinski definition) is 3. The van der Waals surface area contributed by atoms with E-state index < -0.39 is 11.1 Å². The van der Waals surface area contributed by atoms with Crippen LogP contribution in [-0.2, 0) is 11.1 Å². The Labute approximate surface area is 130 Å². The number of rotatable bonds is 4. The molecule has 2 heterocycles. The van der Waals surface area contributed by atoms with Crippen molar-refractivity contribution in [3.63, 3.8) is 0 Å². The molecule has 0 radical (unpaired) electrons. The molecule has 3 rings (SSSR count). The van der Waals surface area contributed by atoms with Gasteiger partial charge in [-0.25, -0.2) is 0 Å². The van der Waals surface area contributed by atoms with Crippen LogP contribution in [0.2, 0.25) is 0 Å². The van der Waals surface area contributed by atoms with E-state index in [0.717, 1.165) is 24.0 Å². The molecule has 8 heteroatoms. The van der Waals surface area contributed by atoms with Crippen molar-refractivity contribution < 1.29 is 13.6 Å². The first-order valence-electron chi connectivity index (χ1n) is 7.06. The molecule has 22 heavy (non-hydrogen) atoms. The quantitative estimate of drug-likeness (QED) is 0.711. The summed E-state index contributed by atoms with van der Waals surface area (Å²) >= 11 is -2.14. The third-order valence-corrected chi connectivity index (χ3v) is 4.03. The van der Waals surface area contributed by atoms with Gasteiger partial charge in [-0.05, 0) is 35.3 Å². The van der Waals surface area contributed by atoms with Crippen LogP contribution >= 0.6 is 0 Å². The summed E-state index contributed by atoms with van der Waals surface area (Å²) in [5.74, 6) is -0.143. The van der Waals surface area contributed by atoms with Crippen molar-refractivity contribution in [2.45, 2.75) is 0 Å². The van der Waals surface area contributed by atoms with E-state index in [2.05, 4.69) is 15.6 Å². The highest BCUT2D eigenvalue weighted by Gasteiger charge is 2.19. The summed E-state index contributed by atoms with van der Waals surface area (Å²) in [4.78, 5) is 17.4. The third kappa shape index (κ3) is 3.29. The molecule has 118 valence electrons. The van der Waals surface area contributed by atoms with Crippen molar-refractivity contribution in [1.82, 2.24) is 15.2 Å². The second kappa shape index (κ2) is 6.47. The predicted octanol–water partition coefficient (Wildman–Crippen LogP) is 0.462. The van der Waals surface area contributed by atoms with Crippen molar-refractivity contribution in [2.24, 2.45) is 0 Å². The first-order chi connectivity index (χ1) is 10.6. The van der Waals surface area contributed by atoms with Gasteiger partial charge in [-0.1, -0.05) is 0 Å². The molecular formula is C14H17N4O3S-. The molecule has 1 atom stereocenters. The van der Waals surface area contributed by atoms with Crippen molar-refractivity contribution in [3.8, 4) is 0 Å². The largest absolute Gasteiger partial charge is 0.771 e. The zero-order valence-corrected chi connectivity index (χ0v) is 12.7. The minimum absolute atomic E-state index is 0.00660. The molecule has 7 nitrogen and oxygen atoms in total. The maximum absolute atomic E-state index is 12.4. The van der Waals surface area contributed by atoms with E-state index in [1.165, 1.54) is 0 Å². The van der Waals surface area contributed by atoms with E-state index in [1.54, 1.807) is 12.1 Å². The van der Waals surface area contributed by atoms with E-state index in [9.17, 15) is 13.6 Å². The second-order valence-corrected chi connectivity index (χ2v) is 6.05. The van der Waals surface area contributed by atoms with Crippen LogP contribution in [-0.4, -0.2) is 56.6 Å². The minimum atomic E-state index is -2.14. The van der Waals surface area contributed by atoms with Crippen LogP contribution in [0.15, 0.2) is 24.3 Å². The Kier molecular flexibility index (Phi) is 4.41. The Morgan fingerprint density at radius 2 is 2.09 bits per heavy atom. The van der Waals surface area contributed by atoms with Crippen molar-refractivity contribution in [2.75, 3.05) is 37.4 Å². The molecule has 1 fully saturated rings. The molecule has 1 amide bonds. The third-order valence-electron chi connectivity index (χ3n) is 3.65. The fourth-order valence-electron chi connectivity index (χ4n) is 2.54. The van der Waals surface area contributed by atoms with E-state index in [-0.39, 0.29) is 11.8 Å². The number of benzene rings is 1. The molecule has 1 aliphatic heterocycles. The van der Waals surface area contributed by atoms with Gasteiger partial charge in [0.15, 0.2) is 0 Å². The second-order valence-electron chi connectivity index (χ2n) is 5.15. The number of nitrogens with one attached hydrogen (secondary N) is 3. The standard InChI is InChI=1S/C14H18N4O3S/c19-14(18-5-3-15-4-6-18)13-8-10-7-11(16-9-22(20)21)1-2-12(10)17-13/h1-2,7-8,15-17H,3-6,9H2,(H,20,21)/p-1. The number of fused-ring (bicyclic) bond motifs is 1. The van der Waals surface area contributed by atoms with Crippen LogP contribution in [0.5, 0.6) is 0 Å². The van der Waals surface area contributed by atoms with Gasteiger partial charge in [-0.15, -0.1) is 0 Å². The lowest BCUT2D eigenvalue weighted by molar-refractivity contribution is 0.0731. The van der Waals surface area contributed by atoms with Crippen molar-refractivity contribution in [3.05, 3.63) is 30.0 Å². The van der Waals surface area contributed by atoms with Gasteiger partial charge in [-0.2, -0.15) is 0 Å². The van der Waals surface area contributed by atoms with Crippen LogP contribution in [0.4, 0.5) is 5.69 Å². The normalized spacial score (nSPS) is 16.7. The van der Waals surface area contributed by atoms with Crippen LogP contribution in [0.3, 0.4) is 0 Å². The minimum Gasteiger partial charge on any atom is -0.771 e.